The van der Waals surface area contributed by atoms with Crippen LogP contribution in [0.5, 0.6) is 0 Å². The standard InChI is InChI=1S/2C8H18N2.2ClH/c2*1-9-7-3-5-8(10-2)6-4-7;;/h2*7-10H,3-6H2,1-2H3;2*1H. The van der Waals surface area contributed by atoms with Crippen molar-refractivity contribution in [2.75, 3.05) is 28.2 Å². The summed E-state index contributed by atoms with van der Waals surface area (Å²) in [6.07, 6.45) is 10.7. The maximum Gasteiger partial charge on any atom is 0.00652 e. The van der Waals surface area contributed by atoms with E-state index in [0.717, 1.165) is 24.2 Å². The quantitative estimate of drug-likeness (QED) is 0.624. The summed E-state index contributed by atoms with van der Waals surface area (Å²) in [7, 11) is 8.24. The van der Waals surface area contributed by atoms with Crippen LogP contribution in [-0.2, 0) is 0 Å². The normalized spacial score (nSPS) is 31.1. The molecule has 0 aromatic rings. The van der Waals surface area contributed by atoms with Gasteiger partial charge in [0.05, 0.1) is 0 Å². The van der Waals surface area contributed by atoms with E-state index in [9.17, 15) is 0 Å². The lowest BCUT2D eigenvalue weighted by Gasteiger charge is -2.27. The molecule has 2 rings (SSSR count). The van der Waals surface area contributed by atoms with Crippen LogP contribution in [0.3, 0.4) is 0 Å². The van der Waals surface area contributed by atoms with E-state index in [1.54, 1.807) is 0 Å². The Morgan fingerprint density at radius 3 is 0.636 bits per heavy atom. The van der Waals surface area contributed by atoms with Crippen molar-refractivity contribution in [1.29, 1.82) is 0 Å². The summed E-state index contributed by atoms with van der Waals surface area (Å²) < 4.78 is 0. The molecule has 0 amide bonds. The van der Waals surface area contributed by atoms with Crippen LogP contribution < -0.4 is 21.3 Å². The zero-order valence-corrected chi connectivity index (χ0v) is 16.4. The maximum absolute atomic E-state index is 3.32. The molecular weight excluding hydrogens is 319 g/mol. The average molecular weight is 357 g/mol. The summed E-state index contributed by atoms with van der Waals surface area (Å²) in [6, 6.07) is 3.13. The van der Waals surface area contributed by atoms with Crippen LogP contribution in [0.2, 0.25) is 0 Å². The molecule has 4 nitrogen and oxygen atoms in total. The zero-order valence-electron chi connectivity index (χ0n) is 14.8. The van der Waals surface area contributed by atoms with Crippen LogP contribution in [0.1, 0.15) is 51.4 Å². The van der Waals surface area contributed by atoms with E-state index in [2.05, 4.69) is 49.5 Å². The first kappa shape index (κ1) is 24.7. The first-order valence-corrected chi connectivity index (χ1v) is 8.42. The lowest BCUT2D eigenvalue weighted by atomic mass is 9.91. The number of hydrogen-bond acceptors (Lipinski definition) is 4. The number of hydrogen-bond donors (Lipinski definition) is 4. The Labute approximate surface area is 150 Å². The Bertz CT molecular complexity index is 180. The molecule has 2 saturated carbocycles. The molecule has 2 aliphatic carbocycles. The van der Waals surface area contributed by atoms with Gasteiger partial charge in [-0.1, -0.05) is 0 Å². The number of nitrogens with one attached hydrogen (secondary N) is 4. The van der Waals surface area contributed by atoms with Crippen molar-refractivity contribution in [3.8, 4) is 0 Å². The second-order valence-electron chi connectivity index (χ2n) is 6.25. The predicted octanol–water partition coefficient (Wildman–Crippen LogP) is 2.32. The fraction of sp³-hybridized carbons (Fsp3) is 1.00. The SMILES string of the molecule is CNC1CCC(NC)CC1.CNC1CCC(NC)CC1.Cl.Cl. The van der Waals surface area contributed by atoms with E-state index in [-0.39, 0.29) is 24.8 Å². The van der Waals surface area contributed by atoms with Crippen molar-refractivity contribution in [1.82, 2.24) is 21.3 Å². The van der Waals surface area contributed by atoms with E-state index in [1.807, 2.05) is 0 Å². The minimum absolute atomic E-state index is 0. The van der Waals surface area contributed by atoms with Crippen LogP contribution in [0.25, 0.3) is 0 Å². The molecule has 0 aliphatic heterocycles. The predicted molar refractivity (Wildman–Crippen MR) is 103 cm³/mol. The summed E-state index contributed by atoms with van der Waals surface area (Å²) >= 11 is 0. The van der Waals surface area contributed by atoms with Gasteiger partial charge in [0.15, 0.2) is 0 Å². The van der Waals surface area contributed by atoms with Gasteiger partial charge in [-0.25, -0.2) is 0 Å². The molecular formula is C16H38Cl2N4. The molecule has 22 heavy (non-hydrogen) atoms. The van der Waals surface area contributed by atoms with Crippen molar-refractivity contribution in [3.05, 3.63) is 0 Å². The Balaban J connectivity index is 0. The second kappa shape index (κ2) is 15.0. The number of halogens is 2. The van der Waals surface area contributed by atoms with Gasteiger partial charge in [-0.15, -0.1) is 24.8 Å². The van der Waals surface area contributed by atoms with E-state index in [0.29, 0.717) is 0 Å². The summed E-state index contributed by atoms with van der Waals surface area (Å²) in [5.74, 6) is 0. The molecule has 0 spiro atoms. The maximum atomic E-state index is 3.32. The van der Waals surface area contributed by atoms with E-state index < -0.39 is 0 Å². The highest BCUT2D eigenvalue weighted by Gasteiger charge is 2.18. The van der Waals surface area contributed by atoms with Crippen molar-refractivity contribution in [3.63, 3.8) is 0 Å². The van der Waals surface area contributed by atoms with Crippen LogP contribution in [0, 0.1) is 0 Å². The highest BCUT2D eigenvalue weighted by molar-refractivity contribution is 5.85. The Hall–Kier alpha value is 0.420. The fourth-order valence-corrected chi connectivity index (χ4v) is 3.34. The lowest BCUT2D eigenvalue weighted by Crippen LogP contribution is -2.37. The molecule has 4 N–H and O–H groups in total. The molecule has 0 atom stereocenters. The van der Waals surface area contributed by atoms with Gasteiger partial charge >= 0.3 is 0 Å². The topological polar surface area (TPSA) is 48.1 Å². The molecule has 0 aromatic heterocycles. The summed E-state index contributed by atoms with van der Waals surface area (Å²) in [4.78, 5) is 0. The minimum atomic E-state index is 0. The third-order valence-corrected chi connectivity index (χ3v) is 5.09. The van der Waals surface area contributed by atoms with Crippen LogP contribution in [0.15, 0.2) is 0 Å². The number of rotatable bonds is 4. The van der Waals surface area contributed by atoms with Crippen molar-refractivity contribution >= 4 is 24.8 Å². The molecule has 0 bridgehead atoms. The Morgan fingerprint density at radius 2 is 0.545 bits per heavy atom. The molecule has 6 heteroatoms. The van der Waals surface area contributed by atoms with E-state index >= 15 is 0 Å². The first-order chi connectivity index (χ1) is 9.73. The Morgan fingerprint density at radius 1 is 0.409 bits per heavy atom. The molecule has 0 unspecified atom stereocenters. The van der Waals surface area contributed by atoms with Gasteiger partial charge in [0.2, 0.25) is 0 Å². The smallest absolute Gasteiger partial charge is 0.00652 e. The molecule has 2 fully saturated rings. The van der Waals surface area contributed by atoms with Gasteiger partial charge in [0, 0.05) is 24.2 Å². The Kier molecular flexibility index (Phi) is 16.8. The summed E-state index contributed by atoms with van der Waals surface area (Å²) in [5.41, 5.74) is 0. The van der Waals surface area contributed by atoms with Gasteiger partial charge in [-0.3, -0.25) is 0 Å². The highest BCUT2D eigenvalue weighted by atomic mass is 35.5. The highest BCUT2D eigenvalue weighted by Crippen LogP contribution is 2.18. The van der Waals surface area contributed by atoms with Crippen LogP contribution in [-0.4, -0.2) is 52.4 Å². The summed E-state index contributed by atoms with van der Waals surface area (Å²) in [5, 5.41) is 13.3. The monoisotopic (exact) mass is 356 g/mol. The molecule has 0 saturated heterocycles. The van der Waals surface area contributed by atoms with Crippen molar-refractivity contribution in [2.45, 2.75) is 75.5 Å². The van der Waals surface area contributed by atoms with Crippen molar-refractivity contribution in [2.24, 2.45) is 0 Å². The van der Waals surface area contributed by atoms with Gasteiger partial charge in [-0.2, -0.15) is 0 Å². The van der Waals surface area contributed by atoms with Crippen LogP contribution >= 0.6 is 24.8 Å². The average Bonchev–Trinajstić information content (AvgIpc) is 2.55. The third kappa shape index (κ3) is 9.53. The largest absolute Gasteiger partial charge is 0.317 e. The third-order valence-electron chi connectivity index (χ3n) is 5.09. The van der Waals surface area contributed by atoms with E-state index in [1.165, 1.54) is 51.4 Å². The van der Waals surface area contributed by atoms with Crippen LogP contribution in [0.4, 0.5) is 0 Å². The van der Waals surface area contributed by atoms with E-state index in [4.69, 9.17) is 0 Å². The lowest BCUT2D eigenvalue weighted by molar-refractivity contribution is 0.330. The van der Waals surface area contributed by atoms with Gasteiger partial charge < -0.3 is 21.3 Å². The fourth-order valence-electron chi connectivity index (χ4n) is 3.34. The minimum Gasteiger partial charge on any atom is -0.317 e. The summed E-state index contributed by atoms with van der Waals surface area (Å²) in [6.45, 7) is 0. The second-order valence-corrected chi connectivity index (χ2v) is 6.25. The molecule has 0 aromatic carbocycles. The molecule has 2 aliphatic rings. The molecule has 0 radical (unpaired) electrons. The zero-order chi connectivity index (χ0) is 14.8. The first-order valence-electron chi connectivity index (χ1n) is 8.42. The van der Waals surface area contributed by atoms with Gasteiger partial charge in [0.25, 0.3) is 0 Å². The molecule has 0 heterocycles. The van der Waals surface area contributed by atoms with Gasteiger partial charge in [-0.05, 0) is 79.6 Å². The molecule has 136 valence electrons. The van der Waals surface area contributed by atoms with Crippen molar-refractivity contribution < 1.29 is 0 Å². The van der Waals surface area contributed by atoms with Gasteiger partial charge in [0.1, 0.15) is 0 Å².